The van der Waals surface area contributed by atoms with Crippen LogP contribution in [-0.4, -0.2) is 5.91 Å². The third kappa shape index (κ3) is 3.39. The van der Waals surface area contributed by atoms with Crippen LogP contribution in [0.15, 0.2) is 46.9 Å². The maximum Gasteiger partial charge on any atom is 0.252 e. The van der Waals surface area contributed by atoms with Gasteiger partial charge in [0.2, 0.25) is 0 Å². The second-order valence-electron chi connectivity index (χ2n) is 4.82. The summed E-state index contributed by atoms with van der Waals surface area (Å²) < 4.78 is 1.02. The van der Waals surface area contributed by atoms with Crippen molar-refractivity contribution in [2.24, 2.45) is 0 Å². The molecule has 0 spiro atoms. The fourth-order valence-corrected chi connectivity index (χ4v) is 2.26. The van der Waals surface area contributed by atoms with E-state index < -0.39 is 0 Å². The van der Waals surface area contributed by atoms with Gasteiger partial charge in [-0.05, 0) is 49.2 Å². The first-order valence-corrected chi connectivity index (χ1v) is 7.19. The van der Waals surface area contributed by atoms with Crippen molar-refractivity contribution in [3.05, 3.63) is 63.6 Å². The second-order valence-corrected chi connectivity index (χ2v) is 5.74. The molecule has 2 aromatic carbocycles. The van der Waals surface area contributed by atoms with Gasteiger partial charge in [-0.25, -0.2) is 0 Å². The summed E-state index contributed by atoms with van der Waals surface area (Å²) in [4.78, 5) is 12.3. The lowest BCUT2D eigenvalue weighted by molar-refractivity contribution is 0.0939. The molecule has 0 unspecified atom stereocenters. The highest BCUT2D eigenvalue weighted by atomic mass is 79.9. The normalized spacial score (nSPS) is 11.9. The van der Waals surface area contributed by atoms with Gasteiger partial charge in [-0.2, -0.15) is 0 Å². The maximum atomic E-state index is 12.3. The molecule has 1 amide bonds. The predicted octanol–water partition coefficient (Wildman–Crippen LogP) is 3.83. The van der Waals surface area contributed by atoms with E-state index in [0.717, 1.165) is 15.6 Å². The van der Waals surface area contributed by atoms with Crippen molar-refractivity contribution in [3.8, 4) is 0 Å². The molecule has 0 bridgehead atoms. The van der Waals surface area contributed by atoms with E-state index in [1.165, 1.54) is 0 Å². The SMILES string of the molecule is Cc1ccc(N)cc1C(=O)N[C@H](C)c1ccc(Br)cc1. The number of carbonyl (C=O) groups is 1. The minimum atomic E-state index is -0.106. The van der Waals surface area contributed by atoms with Gasteiger partial charge in [-0.15, -0.1) is 0 Å². The van der Waals surface area contributed by atoms with Gasteiger partial charge in [0.1, 0.15) is 0 Å². The molecule has 3 nitrogen and oxygen atoms in total. The van der Waals surface area contributed by atoms with Gasteiger partial charge in [-0.3, -0.25) is 4.79 Å². The summed E-state index contributed by atoms with van der Waals surface area (Å²) >= 11 is 3.40. The van der Waals surface area contributed by atoms with Crippen molar-refractivity contribution in [1.82, 2.24) is 5.32 Å². The number of nitrogens with one attached hydrogen (secondary N) is 1. The van der Waals surface area contributed by atoms with Crippen LogP contribution in [0, 0.1) is 6.92 Å². The standard InChI is InChI=1S/C16H17BrN2O/c1-10-3-8-14(18)9-15(10)16(20)19-11(2)12-4-6-13(17)7-5-12/h3-9,11H,18H2,1-2H3,(H,19,20)/t11-/m1/s1. The molecule has 0 radical (unpaired) electrons. The Morgan fingerprint density at radius 3 is 2.50 bits per heavy atom. The summed E-state index contributed by atoms with van der Waals surface area (Å²) in [6, 6.07) is 13.2. The number of halogens is 1. The molecule has 104 valence electrons. The largest absolute Gasteiger partial charge is 0.399 e. The molecule has 0 fully saturated rings. The van der Waals surface area contributed by atoms with E-state index in [-0.39, 0.29) is 11.9 Å². The van der Waals surface area contributed by atoms with Crippen molar-refractivity contribution >= 4 is 27.5 Å². The Kier molecular flexibility index (Phi) is 4.45. The number of nitrogen functional groups attached to an aromatic ring is 1. The highest BCUT2D eigenvalue weighted by Crippen LogP contribution is 2.18. The molecule has 3 N–H and O–H groups in total. The summed E-state index contributed by atoms with van der Waals surface area (Å²) in [7, 11) is 0. The van der Waals surface area contributed by atoms with Crippen LogP contribution in [0.3, 0.4) is 0 Å². The van der Waals surface area contributed by atoms with Crippen LogP contribution >= 0.6 is 15.9 Å². The molecule has 0 aliphatic rings. The van der Waals surface area contributed by atoms with Gasteiger partial charge in [-0.1, -0.05) is 34.1 Å². The van der Waals surface area contributed by atoms with E-state index in [9.17, 15) is 4.79 Å². The van der Waals surface area contributed by atoms with Crippen molar-refractivity contribution in [2.45, 2.75) is 19.9 Å². The topological polar surface area (TPSA) is 55.1 Å². The minimum absolute atomic E-state index is 0.0589. The van der Waals surface area contributed by atoms with Gasteiger partial charge in [0, 0.05) is 15.7 Å². The first-order chi connectivity index (χ1) is 9.47. The zero-order valence-corrected chi connectivity index (χ0v) is 13.1. The molecule has 1 atom stereocenters. The fraction of sp³-hybridized carbons (Fsp3) is 0.188. The first kappa shape index (κ1) is 14.6. The summed E-state index contributed by atoms with van der Waals surface area (Å²) in [5.74, 6) is -0.106. The quantitative estimate of drug-likeness (QED) is 0.839. The summed E-state index contributed by atoms with van der Waals surface area (Å²) in [6.07, 6.45) is 0. The minimum Gasteiger partial charge on any atom is -0.399 e. The summed E-state index contributed by atoms with van der Waals surface area (Å²) in [6.45, 7) is 3.86. The third-order valence-corrected chi connectivity index (χ3v) is 3.75. The number of nitrogens with two attached hydrogens (primary N) is 1. The van der Waals surface area contributed by atoms with Crippen molar-refractivity contribution < 1.29 is 4.79 Å². The number of carbonyl (C=O) groups excluding carboxylic acids is 1. The van der Waals surface area contributed by atoms with Gasteiger partial charge in [0.15, 0.2) is 0 Å². The number of anilines is 1. The predicted molar refractivity (Wildman–Crippen MR) is 85.6 cm³/mol. The van der Waals surface area contributed by atoms with E-state index in [1.54, 1.807) is 12.1 Å². The van der Waals surface area contributed by atoms with Gasteiger partial charge in [0.05, 0.1) is 6.04 Å². The zero-order valence-electron chi connectivity index (χ0n) is 11.5. The molecule has 0 aliphatic heterocycles. The van der Waals surface area contributed by atoms with Crippen molar-refractivity contribution in [2.75, 3.05) is 5.73 Å². The van der Waals surface area contributed by atoms with Crippen LogP contribution in [0.5, 0.6) is 0 Å². The molecule has 0 heterocycles. The van der Waals surface area contributed by atoms with Gasteiger partial charge >= 0.3 is 0 Å². The van der Waals surface area contributed by atoms with E-state index in [0.29, 0.717) is 11.3 Å². The molecule has 0 saturated heterocycles. The van der Waals surface area contributed by atoms with Gasteiger partial charge in [0.25, 0.3) is 5.91 Å². The Balaban J connectivity index is 2.15. The van der Waals surface area contributed by atoms with E-state index in [2.05, 4.69) is 21.2 Å². The molecular formula is C16H17BrN2O. The zero-order chi connectivity index (χ0) is 14.7. The Labute approximate surface area is 127 Å². The average Bonchev–Trinajstić information content (AvgIpc) is 2.42. The lowest BCUT2D eigenvalue weighted by atomic mass is 10.1. The average molecular weight is 333 g/mol. The Morgan fingerprint density at radius 1 is 1.20 bits per heavy atom. The summed E-state index contributed by atoms with van der Waals surface area (Å²) in [5, 5.41) is 2.99. The van der Waals surface area contributed by atoms with Crippen molar-refractivity contribution in [1.29, 1.82) is 0 Å². The van der Waals surface area contributed by atoms with Crippen LogP contribution in [-0.2, 0) is 0 Å². The van der Waals surface area contributed by atoms with E-state index in [4.69, 9.17) is 5.73 Å². The van der Waals surface area contributed by atoms with Crippen LogP contribution in [0.4, 0.5) is 5.69 Å². The van der Waals surface area contributed by atoms with Crippen LogP contribution < -0.4 is 11.1 Å². The van der Waals surface area contributed by atoms with Crippen molar-refractivity contribution in [3.63, 3.8) is 0 Å². The monoisotopic (exact) mass is 332 g/mol. The Morgan fingerprint density at radius 2 is 1.85 bits per heavy atom. The molecule has 4 heteroatoms. The summed E-state index contributed by atoms with van der Waals surface area (Å²) in [5.41, 5.74) is 8.93. The van der Waals surface area contributed by atoms with Gasteiger partial charge < -0.3 is 11.1 Å². The highest BCUT2D eigenvalue weighted by Gasteiger charge is 2.13. The van der Waals surface area contributed by atoms with E-state index in [1.807, 2.05) is 44.2 Å². The Hall–Kier alpha value is -1.81. The molecule has 0 saturated carbocycles. The van der Waals surface area contributed by atoms with Crippen LogP contribution in [0.2, 0.25) is 0 Å². The maximum absolute atomic E-state index is 12.3. The number of hydrogen-bond acceptors (Lipinski definition) is 2. The third-order valence-electron chi connectivity index (χ3n) is 3.22. The molecule has 0 aliphatic carbocycles. The Bertz CT molecular complexity index is 623. The van der Waals surface area contributed by atoms with Crippen LogP contribution in [0.25, 0.3) is 0 Å². The molecule has 20 heavy (non-hydrogen) atoms. The number of aryl methyl sites for hydroxylation is 1. The second kappa shape index (κ2) is 6.09. The highest BCUT2D eigenvalue weighted by molar-refractivity contribution is 9.10. The number of hydrogen-bond donors (Lipinski definition) is 2. The lowest BCUT2D eigenvalue weighted by Crippen LogP contribution is -2.27. The number of amides is 1. The molecule has 2 aromatic rings. The lowest BCUT2D eigenvalue weighted by Gasteiger charge is -2.15. The van der Waals surface area contributed by atoms with Crippen LogP contribution in [0.1, 0.15) is 34.5 Å². The number of benzene rings is 2. The smallest absolute Gasteiger partial charge is 0.252 e. The fourth-order valence-electron chi connectivity index (χ4n) is 1.99. The molecular weight excluding hydrogens is 316 g/mol. The molecule has 0 aromatic heterocycles. The van der Waals surface area contributed by atoms with E-state index >= 15 is 0 Å². The number of rotatable bonds is 3. The first-order valence-electron chi connectivity index (χ1n) is 6.40. The molecule has 2 rings (SSSR count).